The summed E-state index contributed by atoms with van der Waals surface area (Å²) >= 11 is 5.90. The van der Waals surface area contributed by atoms with E-state index in [-0.39, 0.29) is 0 Å². The Hall–Kier alpha value is -1.36. The van der Waals surface area contributed by atoms with Gasteiger partial charge in [-0.05, 0) is 18.8 Å². The summed E-state index contributed by atoms with van der Waals surface area (Å²) in [6.07, 6.45) is 6.56. The summed E-state index contributed by atoms with van der Waals surface area (Å²) in [5.41, 5.74) is 0. The van der Waals surface area contributed by atoms with Crippen molar-refractivity contribution in [1.29, 1.82) is 0 Å². The predicted octanol–water partition coefficient (Wildman–Crippen LogP) is 2.35. The molecule has 0 N–H and O–H groups in total. The van der Waals surface area contributed by atoms with Crippen LogP contribution in [0.25, 0.3) is 5.78 Å². The van der Waals surface area contributed by atoms with Crippen molar-refractivity contribution < 1.29 is 4.74 Å². The Balaban J connectivity index is 1.81. The van der Waals surface area contributed by atoms with E-state index in [0.717, 1.165) is 6.61 Å². The fourth-order valence-corrected chi connectivity index (χ4v) is 2.41. The lowest BCUT2D eigenvalue weighted by atomic mass is 10.1. The Kier molecular flexibility index (Phi) is 2.84. The first kappa shape index (κ1) is 10.8. The lowest BCUT2D eigenvalue weighted by Crippen LogP contribution is -2.11. The molecule has 1 aliphatic carbocycles. The molecule has 0 radical (unpaired) electrons. The topological polar surface area (TPSA) is 52.3 Å². The summed E-state index contributed by atoms with van der Waals surface area (Å²) in [5, 5.41) is 4.45. The van der Waals surface area contributed by atoms with Crippen LogP contribution in [0.3, 0.4) is 0 Å². The molecule has 17 heavy (non-hydrogen) atoms. The van der Waals surface area contributed by atoms with Gasteiger partial charge < -0.3 is 4.74 Å². The van der Waals surface area contributed by atoms with Crippen molar-refractivity contribution in [2.24, 2.45) is 5.92 Å². The van der Waals surface area contributed by atoms with Crippen LogP contribution in [0.4, 0.5) is 0 Å². The standard InChI is InChI=1S/C11H13ClN4O/c12-9-5-10(16-11(15-9)13-7-14-16)17-6-8-3-1-2-4-8/h5,7-8H,1-4,6H2. The Morgan fingerprint density at radius 2 is 2.24 bits per heavy atom. The van der Waals surface area contributed by atoms with E-state index in [4.69, 9.17) is 16.3 Å². The van der Waals surface area contributed by atoms with Crippen molar-refractivity contribution in [3.63, 3.8) is 0 Å². The lowest BCUT2D eigenvalue weighted by Gasteiger charge is -2.11. The molecule has 6 heteroatoms. The molecule has 2 aromatic heterocycles. The Morgan fingerprint density at radius 3 is 3.06 bits per heavy atom. The van der Waals surface area contributed by atoms with E-state index in [0.29, 0.717) is 22.7 Å². The summed E-state index contributed by atoms with van der Waals surface area (Å²) in [6.45, 7) is 0.718. The predicted molar refractivity (Wildman–Crippen MR) is 63.2 cm³/mol. The molecule has 1 fully saturated rings. The summed E-state index contributed by atoms with van der Waals surface area (Å²) in [7, 11) is 0. The minimum Gasteiger partial charge on any atom is -0.477 e. The number of hydrogen-bond acceptors (Lipinski definition) is 4. The van der Waals surface area contributed by atoms with Gasteiger partial charge in [0.1, 0.15) is 11.5 Å². The largest absolute Gasteiger partial charge is 0.477 e. The van der Waals surface area contributed by atoms with E-state index in [1.807, 2.05) is 0 Å². The number of fused-ring (bicyclic) bond motifs is 1. The second-order valence-corrected chi connectivity index (χ2v) is 4.74. The zero-order valence-corrected chi connectivity index (χ0v) is 10.1. The first-order valence-corrected chi connectivity index (χ1v) is 6.20. The van der Waals surface area contributed by atoms with Crippen LogP contribution < -0.4 is 4.74 Å². The van der Waals surface area contributed by atoms with Gasteiger partial charge in [0.15, 0.2) is 0 Å². The number of ether oxygens (including phenoxy) is 1. The monoisotopic (exact) mass is 252 g/mol. The molecule has 90 valence electrons. The average molecular weight is 253 g/mol. The number of hydrogen-bond donors (Lipinski definition) is 0. The molecule has 2 heterocycles. The summed E-state index contributed by atoms with van der Waals surface area (Å²) < 4.78 is 7.35. The van der Waals surface area contributed by atoms with Crippen molar-refractivity contribution >= 4 is 17.4 Å². The van der Waals surface area contributed by atoms with Crippen LogP contribution in [0.2, 0.25) is 5.15 Å². The summed E-state index contributed by atoms with van der Waals surface area (Å²) in [6, 6.07) is 1.68. The quantitative estimate of drug-likeness (QED) is 0.787. The maximum Gasteiger partial charge on any atom is 0.256 e. The zero-order valence-electron chi connectivity index (χ0n) is 9.34. The molecule has 2 aromatic rings. The molecule has 1 aliphatic rings. The number of rotatable bonds is 3. The van der Waals surface area contributed by atoms with Crippen LogP contribution in [0.5, 0.6) is 5.88 Å². The summed E-state index contributed by atoms with van der Waals surface area (Å²) in [5.74, 6) is 1.74. The van der Waals surface area contributed by atoms with Crippen LogP contribution in [0.1, 0.15) is 25.7 Å². The van der Waals surface area contributed by atoms with Crippen molar-refractivity contribution in [3.8, 4) is 5.88 Å². The molecule has 0 unspecified atom stereocenters. The van der Waals surface area contributed by atoms with Crippen molar-refractivity contribution in [3.05, 3.63) is 17.5 Å². The highest BCUT2D eigenvalue weighted by Crippen LogP contribution is 2.26. The van der Waals surface area contributed by atoms with E-state index in [1.54, 1.807) is 10.6 Å². The van der Waals surface area contributed by atoms with E-state index < -0.39 is 0 Å². The number of aromatic nitrogens is 4. The van der Waals surface area contributed by atoms with Crippen LogP contribution in [0.15, 0.2) is 12.4 Å². The van der Waals surface area contributed by atoms with E-state index in [9.17, 15) is 0 Å². The third kappa shape index (κ3) is 2.20. The molecule has 0 saturated heterocycles. The molecular weight excluding hydrogens is 240 g/mol. The van der Waals surface area contributed by atoms with Crippen molar-refractivity contribution in [2.45, 2.75) is 25.7 Å². The Bertz CT molecular complexity index is 521. The third-order valence-corrected chi connectivity index (χ3v) is 3.32. The lowest BCUT2D eigenvalue weighted by molar-refractivity contribution is 0.238. The SMILES string of the molecule is Clc1cc(OCC2CCCC2)n2ncnc2n1. The molecule has 0 amide bonds. The van der Waals surface area contributed by atoms with Gasteiger partial charge >= 0.3 is 0 Å². The molecule has 0 spiro atoms. The second-order valence-electron chi connectivity index (χ2n) is 4.35. The second kappa shape index (κ2) is 4.49. The maximum absolute atomic E-state index is 5.90. The minimum atomic E-state index is 0.381. The van der Waals surface area contributed by atoms with Gasteiger partial charge in [-0.2, -0.15) is 19.6 Å². The highest BCUT2D eigenvalue weighted by Gasteiger charge is 2.16. The van der Waals surface area contributed by atoms with Crippen LogP contribution >= 0.6 is 11.6 Å². The molecular formula is C11H13ClN4O. The van der Waals surface area contributed by atoms with Gasteiger partial charge in [-0.1, -0.05) is 24.4 Å². The first-order chi connectivity index (χ1) is 8.33. The maximum atomic E-state index is 5.90. The molecule has 0 bridgehead atoms. The molecule has 0 atom stereocenters. The van der Waals surface area contributed by atoms with Gasteiger partial charge in [0.05, 0.1) is 6.61 Å². The van der Waals surface area contributed by atoms with E-state index in [2.05, 4.69) is 15.1 Å². The fraction of sp³-hybridized carbons (Fsp3) is 0.545. The third-order valence-electron chi connectivity index (χ3n) is 3.13. The van der Waals surface area contributed by atoms with E-state index in [1.165, 1.54) is 32.0 Å². The van der Waals surface area contributed by atoms with Crippen molar-refractivity contribution in [1.82, 2.24) is 19.6 Å². The zero-order chi connectivity index (χ0) is 11.7. The van der Waals surface area contributed by atoms with Crippen LogP contribution in [-0.2, 0) is 0 Å². The molecule has 1 saturated carbocycles. The Labute approximate surface area is 104 Å². The highest BCUT2D eigenvalue weighted by molar-refractivity contribution is 6.29. The van der Waals surface area contributed by atoms with Gasteiger partial charge in [0.2, 0.25) is 5.88 Å². The van der Waals surface area contributed by atoms with Crippen molar-refractivity contribution in [2.75, 3.05) is 6.61 Å². The number of nitrogens with zero attached hydrogens (tertiary/aromatic N) is 4. The molecule has 5 nitrogen and oxygen atoms in total. The smallest absolute Gasteiger partial charge is 0.256 e. The van der Waals surface area contributed by atoms with Gasteiger partial charge in [0, 0.05) is 6.07 Å². The molecule has 3 rings (SSSR count). The van der Waals surface area contributed by atoms with Crippen LogP contribution in [-0.4, -0.2) is 26.2 Å². The summed E-state index contributed by atoms with van der Waals surface area (Å²) in [4.78, 5) is 8.05. The molecule has 0 aromatic carbocycles. The molecule has 0 aliphatic heterocycles. The first-order valence-electron chi connectivity index (χ1n) is 5.82. The number of halogens is 1. The normalized spacial score (nSPS) is 16.8. The Morgan fingerprint density at radius 1 is 1.41 bits per heavy atom. The average Bonchev–Trinajstić information content (AvgIpc) is 2.95. The van der Waals surface area contributed by atoms with Gasteiger partial charge in [0.25, 0.3) is 5.78 Å². The highest BCUT2D eigenvalue weighted by atomic mass is 35.5. The van der Waals surface area contributed by atoms with Gasteiger partial charge in [-0.3, -0.25) is 0 Å². The van der Waals surface area contributed by atoms with Gasteiger partial charge in [-0.25, -0.2) is 0 Å². The van der Waals surface area contributed by atoms with Crippen LogP contribution in [0, 0.1) is 5.92 Å². The minimum absolute atomic E-state index is 0.381. The van der Waals surface area contributed by atoms with E-state index >= 15 is 0 Å². The van der Waals surface area contributed by atoms with Gasteiger partial charge in [-0.15, -0.1) is 0 Å². The fourth-order valence-electron chi connectivity index (χ4n) is 2.24.